The van der Waals surface area contributed by atoms with Crippen molar-refractivity contribution in [2.45, 2.75) is 18.9 Å². The van der Waals surface area contributed by atoms with Crippen LogP contribution in [0.2, 0.25) is 0 Å². The highest BCUT2D eigenvalue weighted by atomic mass is 16.2. The molecule has 0 spiro atoms. The van der Waals surface area contributed by atoms with Gasteiger partial charge in [0.25, 0.3) is 11.8 Å². The standard InChI is InChI=1S/C20H20N4O2/c25-19(18-7-3-4-10-21-18)23-14-8-11-24(12-9-14)20(26)16-13-22-17-6-2-1-5-15(16)17/h1-7,10,13-14,22H,8-9,11-12H2,(H,23,25). The monoisotopic (exact) mass is 348 g/mol. The van der Waals surface area contributed by atoms with E-state index in [1.807, 2.05) is 29.2 Å². The van der Waals surface area contributed by atoms with Crippen molar-refractivity contribution in [1.82, 2.24) is 20.2 Å². The first kappa shape index (κ1) is 16.3. The number of amides is 2. The first-order chi connectivity index (χ1) is 12.7. The Balaban J connectivity index is 1.37. The van der Waals surface area contributed by atoms with Gasteiger partial charge in [0.1, 0.15) is 5.69 Å². The number of nitrogens with one attached hydrogen (secondary N) is 2. The predicted molar refractivity (Wildman–Crippen MR) is 98.9 cm³/mol. The van der Waals surface area contributed by atoms with Gasteiger partial charge in [-0.2, -0.15) is 0 Å². The molecule has 26 heavy (non-hydrogen) atoms. The van der Waals surface area contributed by atoms with Crippen molar-refractivity contribution in [3.63, 3.8) is 0 Å². The lowest BCUT2D eigenvalue weighted by Crippen LogP contribution is -2.46. The zero-order valence-corrected chi connectivity index (χ0v) is 14.3. The van der Waals surface area contributed by atoms with Gasteiger partial charge in [-0.1, -0.05) is 24.3 Å². The number of likely N-dealkylation sites (tertiary alicyclic amines) is 1. The molecule has 4 rings (SSSR count). The Morgan fingerprint density at radius 2 is 1.85 bits per heavy atom. The smallest absolute Gasteiger partial charge is 0.270 e. The van der Waals surface area contributed by atoms with Gasteiger partial charge in [0.05, 0.1) is 5.56 Å². The Morgan fingerprint density at radius 3 is 2.62 bits per heavy atom. The quantitative estimate of drug-likeness (QED) is 0.764. The molecular formula is C20H20N4O2. The molecule has 6 nitrogen and oxygen atoms in total. The summed E-state index contributed by atoms with van der Waals surface area (Å²) in [4.78, 5) is 34.1. The molecule has 6 heteroatoms. The fraction of sp³-hybridized carbons (Fsp3) is 0.250. The van der Waals surface area contributed by atoms with Crippen LogP contribution < -0.4 is 5.32 Å². The van der Waals surface area contributed by atoms with Gasteiger partial charge in [-0.3, -0.25) is 14.6 Å². The van der Waals surface area contributed by atoms with Crippen LogP contribution in [-0.4, -0.2) is 45.8 Å². The first-order valence-corrected chi connectivity index (χ1v) is 8.79. The number of nitrogens with zero attached hydrogens (tertiary/aromatic N) is 2. The average molecular weight is 348 g/mol. The van der Waals surface area contributed by atoms with Crippen molar-refractivity contribution in [3.05, 3.63) is 66.1 Å². The van der Waals surface area contributed by atoms with Crippen molar-refractivity contribution in [1.29, 1.82) is 0 Å². The highest BCUT2D eigenvalue weighted by molar-refractivity contribution is 6.06. The zero-order chi connectivity index (χ0) is 17.9. The van der Waals surface area contributed by atoms with Gasteiger partial charge in [0.2, 0.25) is 0 Å². The van der Waals surface area contributed by atoms with Crippen molar-refractivity contribution >= 4 is 22.7 Å². The average Bonchev–Trinajstić information content (AvgIpc) is 3.13. The van der Waals surface area contributed by atoms with Gasteiger partial charge in [-0.25, -0.2) is 0 Å². The van der Waals surface area contributed by atoms with E-state index in [1.165, 1.54) is 0 Å². The number of benzene rings is 1. The number of fused-ring (bicyclic) bond motifs is 1. The second kappa shape index (κ2) is 7.00. The second-order valence-electron chi connectivity index (χ2n) is 6.50. The summed E-state index contributed by atoms with van der Waals surface area (Å²) in [5.41, 5.74) is 2.09. The lowest BCUT2D eigenvalue weighted by atomic mass is 10.0. The van der Waals surface area contributed by atoms with Gasteiger partial charge >= 0.3 is 0 Å². The molecule has 3 heterocycles. The van der Waals surface area contributed by atoms with E-state index < -0.39 is 0 Å². The van der Waals surface area contributed by atoms with Gasteiger partial charge in [-0.15, -0.1) is 0 Å². The number of aromatic nitrogens is 2. The Bertz CT molecular complexity index is 927. The van der Waals surface area contributed by atoms with Gasteiger partial charge < -0.3 is 15.2 Å². The second-order valence-corrected chi connectivity index (χ2v) is 6.50. The summed E-state index contributed by atoms with van der Waals surface area (Å²) in [5.74, 6) is -0.121. The van der Waals surface area contributed by atoms with E-state index in [0.717, 1.165) is 23.7 Å². The number of carbonyl (C=O) groups excluding carboxylic acids is 2. The largest absolute Gasteiger partial charge is 0.360 e. The number of para-hydroxylation sites is 1. The molecule has 0 saturated carbocycles. The highest BCUT2D eigenvalue weighted by Crippen LogP contribution is 2.21. The molecule has 0 aliphatic carbocycles. The minimum absolute atomic E-state index is 0.0388. The van der Waals surface area contributed by atoms with Crippen LogP contribution in [0.5, 0.6) is 0 Å². The number of piperidine rings is 1. The van der Waals surface area contributed by atoms with Crippen molar-refractivity contribution in [2.75, 3.05) is 13.1 Å². The molecule has 1 saturated heterocycles. The van der Waals surface area contributed by atoms with Crippen LogP contribution in [0.25, 0.3) is 10.9 Å². The van der Waals surface area contributed by atoms with Crippen LogP contribution in [-0.2, 0) is 0 Å². The van der Waals surface area contributed by atoms with Crippen molar-refractivity contribution in [2.24, 2.45) is 0 Å². The number of H-pyrrole nitrogens is 1. The molecule has 0 unspecified atom stereocenters. The molecule has 2 amide bonds. The lowest BCUT2D eigenvalue weighted by molar-refractivity contribution is 0.0699. The number of aromatic amines is 1. The maximum absolute atomic E-state index is 12.8. The Hall–Kier alpha value is -3.15. The molecule has 0 bridgehead atoms. The van der Waals surface area contributed by atoms with E-state index in [1.54, 1.807) is 30.6 Å². The van der Waals surface area contributed by atoms with Crippen LogP contribution in [0.15, 0.2) is 54.9 Å². The number of hydrogen-bond donors (Lipinski definition) is 2. The van der Waals surface area contributed by atoms with E-state index in [9.17, 15) is 9.59 Å². The third-order valence-electron chi connectivity index (χ3n) is 4.83. The third-order valence-corrected chi connectivity index (χ3v) is 4.83. The Kier molecular flexibility index (Phi) is 4.39. The minimum Gasteiger partial charge on any atom is -0.360 e. The maximum Gasteiger partial charge on any atom is 0.270 e. The molecule has 1 aliphatic rings. The van der Waals surface area contributed by atoms with Crippen LogP contribution >= 0.6 is 0 Å². The van der Waals surface area contributed by atoms with Crippen LogP contribution in [0.3, 0.4) is 0 Å². The summed E-state index contributed by atoms with van der Waals surface area (Å²) in [7, 11) is 0. The highest BCUT2D eigenvalue weighted by Gasteiger charge is 2.26. The van der Waals surface area contributed by atoms with Crippen molar-refractivity contribution in [3.8, 4) is 0 Å². The number of hydrogen-bond acceptors (Lipinski definition) is 3. The lowest BCUT2D eigenvalue weighted by Gasteiger charge is -2.32. The third kappa shape index (κ3) is 3.18. The molecule has 3 aromatic rings. The maximum atomic E-state index is 12.8. The number of carbonyl (C=O) groups is 2. The summed E-state index contributed by atoms with van der Waals surface area (Å²) in [6.07, 6.45) is 4.87. The van der Waals surface area contributed by atoms with Crippen molar-refractivity contribution < 1.29 is 9.59 Å². The fourth-order valence-electron chi connectivity index (χ4n) is 3.40. The zero-order valence-electron chi connectivity index (χ0n) is 14.3. The number of rotatable bonds is 3. The molecular weight excluding hydrogens is 328 g/mol. The Labute approximate surface area is 151 Å². The summed E-state index contributed by atoms with van der Waals surface area (Å²) < 4.78 is 0. The van der Waals surface area contributed by atoms with Gasteiger partial charge in [-0.05, 0) is 31.0 Å². The molecule has 0 radical (unpaired) electrons. The van der Waals surface area contributed by atoms with Crippen LogP contribution in [0.1, 0.15) is 33.7 Å². The fourth-order valence-corrected chi connectivity index (χ4v) is 3.40. The molecule has 1 aromatic carbocycles. The van der Waals surface area contributed by atoms with Crippen LogP contribution in [0, 0.1) is 0 Å². The van der Waals surface area contributed by atoms with E-state index in [0.29, 0.717) is 24.3 Å². The van der Waals surface area contributed by atoms with Gasteiger partial charge in [0.15, 0.2) is 0 Å². The van der Waals surface area contributed by atoms with E-state index in [2.05, 4.69) is 15.3 Å². The number of pyridine rings is 1. The minimum atomic E-state index is -0.160. The molecule has 2 aromatic heterocycles. The van der Waals surface area contributed by atoms with Crippen LogP contribution in [0.4, 0.5) is 0 Å². The van der Waals surface area contributed by atoms with Gasteiger partial charge in [0, 0.05) is 42.4 Å². The molecule has 0 atom stereocenters. The summed E-state index contributed by atoms with van der Waals surface area (Å²) in [6, 6.07) is 13.2. The molecule has 1 aliphatic heterocycles. The topological polar surface area (TPSA) is 78.1 Å². The first-order valence-electron chi connectivity index (χ1n) is 8.79. The molecule has 2 N–H and O–H groups in total. The van der Waals surface area contributed by atoms with E-state index >= 15 is 0 Å². The molecule has 132 valence electrons. The van der Waals surface area contributed by atoms with E-state index in [4.69, 9.17) is 0 Å². The molecule has 1 fully saturated rings. The summed E-state index contributed by atoms with van der Waals surface area (Å²) >= 11 is 0. The predicted octanol–water partition coefficient (Wildman–Crippen LogP) is 2.60. The van der Waals surface area contributed by atoms with E-state index in [-0.39, 0.29) is 17.9 Å². The summed E-state index contributed by atoms with van der Waals surface area (Å²) in [5, 5.41) is 3.96. The summed E-state index contributed by atoms with van der Waals surface area (Å²) in [6.45, 7) is 1.26. The normalized spacial score (nSPS) is 15.2. The Morgan fingerprint density at radius 1 is 1.08 bits per heavy atom. The SMILES string of the molecule is O=C(NC1CCN(C(=O)c2c[nH]c3ccccc23)CC1)c1ccccn1.